The lowest BCUT2D eigenvalue weighted by Gasteiger charge is -2.29. The number of nitrogen functional groups attached to an aromatic ring is 1. The molecule has 1 unspecified atom stereocenters. The molecule has 3 N–H and O–H groups in total. The summed E-state index contributed by atoms with van der Waals surface area (Å²) in [6.07, 6.45) is -5.53. The van der Waals surface area contributed by atoms with Crippen LogP contribution in [0.15, 0.2) is 48.7 Å². The van der Waals surface area contributed by atoms with Gasteiger partial charge in [-0.2, -0.15) is 13.9 Å². The van der Waals surface area contributed by atoms with E-state index in [-0.39, 0.29) is 39.2 Å². The van der Waals surface area contributed by atoms with Crippen molar-refractivity contribution in [2.75, 3.05) is 5.73 Å². The molecule has 1 aliphatic rings. The third-order valence-electron chi connectivity index (χ3n) is 7.38. The van der Waals surface area contributed by atoms with Gasteiger partial charge in [-0.3, -0.25) is 14.5 Å². The second kappa shape index (κ2) is 11.7. The Bertz CT molecular complexity index is 1750. The zero-order valence-corrected chi connectivity index (χ0v) is 23.3. The summed E-state index contributed by atoms with van der Waals surface area (Å²) in [6.45, 7) is 0.305. The zero-order chi connectivity index (χ0) is 32.8. The van der Waals surface area contributed by atoms with E-state index >= 15 is 0 Å². The minimum absolute atomic E-state index is 0.0280. The van der Waals surface area contributed by atoms with Crippen molar-refractivity contribution in [2.45, 2.75) is 57.0 Å². The molecule has 238 valence electrons. The first kappa shape index (κ1) is 31.9. The topological polar surface area (TPSA) is 85.8 Å². The highest BCUT2D eigenvalue weighted by atomic mass is 19.3. The van der Waals surface area contributed by atoms with Crippen molar-refractivity contribution < 1.29 is 44.3 Å². The van der Waals surface area contributed by atoms with Crippen LogP contribution in [-0.2, 0) is 29.6 Å². The first-order valence-corrected chi connectivity index (χ1v) is 13.5. The maximum absolute atomic E-state index is 14.9. The van der Waals surface area contributed by atoms with Crippen LogP contribution in [0.25, 0.3) is 11.1 Å². The smallest absolute Gasteiger partial charge is 0.290 e. The standard InChI is InChI=1S/C30H24F9N5O/c1-14-6-16(2-3-21(14)33)20-11-19(40)12-41-25(20)22(9-15-7-17(31)10-18(32)8-15)42-23(45)13-44-27-24(26(43-44)28(34)35)29(36,37)4-5-30(27,38)39/h2-3,6-8,10-12,22,28H,4-5,9,13,40H2,1H3,(H,42,45). The Hall–Kier alpha value is -4.56. The number of aryl methyl sites for hydroxylation is 1. The molecule has 0 radical (unpaired) electrons. The summed E-state index contributed by atoms with van der Waals surface area (Å²) < 4.78 is 129. The Labute approximate surface area is 250 Å². The van der Waals surface area contributed by atoms with Crippen molar-refractivity contribution in [2.24, 2.45) is 0 Å². The van der Waals surface area contributed by atoms with E-state index in [1.165, 1.54) is 37.4 Å². The number of hydrogen-bond acceptors (Lipinski definition) is 4. The number of aromatic nitrogens is 3. The molecule has 1 amide bonds. The minimum Gasteiger partial charge on any atom is -0.397 e. The van der Waals surface area contributed by atoms with Crippen LogP contribution in [-0.4, -0.2) is 20.7 Å². The Balaban J connectivity index is 1.57. The van der Waals surface area contributed by atoms with Crippen LogP contribution in [0.5, 0.6) is 0 Å². The second-order valence-electron chi connectivity index (χ2n) is 10.7. The third kappa shape index (κ3) is 6.47. The van der Waals surface area contributed by atoms with Crippen LogP contribution < -0.4 is 11.1 Å². The van der Waals surface area contributed by atoms with Gasteiger partial charge in [-0.25, -0.2) is 30.7 Å². The predicted molar refractivity (Wildman–Crippen MR) is 144 cm³/mol. The molecule has 0 saturated carbocycles. The molecule has 1 aliphatic carbocycles. The fourth-order valence-corrected chi connectivity index (χ4v) is 5.41. The highest BCUT2D eigenvalue weighted by Crippen LogP contribution is 2.52. The van der Waals surface area contributed by atoms with Gasteiger partial charge >= 0.3 is 0 Å². The number of nitrogens with zero attached hydrogens (tertiary/aromatic N) is 3. The van der Waals surface area contributed by atoms with E-state index in [0.29, 0.717) is 11.6 Å². The number of halogens is 9. The fraction of sp³-hybridized carbons (Fsp3) is 0.300. The second-order valence-corrected chi connectivity index (χ2v) is 10.7. The van der Waals surface area contributed by atoms with E-state index in [1.54, 1.807) is 0 Å². The molecule has 4 aromatic rings. The lowest BCUT2D eigenvalue weighted by Crippen LogP contribution is -2.37. The van der Waals surface area contributed by atoms with Crippen LogP contribution in [0.2, 0.25) is 0 Å². The van der Waals surface area contributed by atoms with E-state index in [9.17, 15) is 44.3 Å². The van der Waals surface area contributed by atoms with Gasteiger partial charge in [-0.15, -0.1) is 0 Å². The van der Waals surface area contributed by atoms with Gasteiger partial charge in [0.05, 0.1) is 29.2 Å². The van der Waals surface area contributed by atoms with E-state index in [2.05, 4.69) is 15.4 Å². The fourth-order valence-electron chi connectivity index (χ4n) is 5.41. The summed E-state index contributed by atoms with van der Waals surface area (Å²) >= 11 is 0. The van der Waals surface area contributed by atoms with E-state index in [4.69, 9.17) is 5.73 Å². The van der Waals surface area contributed by atoms with Crippen molar-refractivity contribution in [3.63, 3.8) is 0 Å². The van der Waals surface area contributed by atoms with Gasteiger partial charge in [-0.1, -0.05) is 6.07 Å². The number of nitrogens with one attached hydrogen (secondary N) is 1. The van der Waals surface area contributed by atoms with Gasteiger partial charge in [-0.05, 0) is 60.4 Å². The molecule has 0 aliphatic heterocycles. The Morgan fingerprint density at radius 3 is 2.29 bits per heavy atom. The molecule has 0 bridgehead atoms. The molecule has 0 fully saturated rings. The van der Waals surface area contributed by atoms with Crippen LogP contribution in [0, 0.1) is 24.4 Å². The molecule has 0 spiro atoms. The van der Waals surface area contributed by atoms with Crippen LogP contribution in [0.3, 0.4) is 0 Å². The van der Waals surface area contributed by atoms with Gasteiger partial charge in [0.1, 0.15) is 35.4 Å². The monoisotopic (exact) mass is 641 g/mol. The molecular formula is C30H24F9N5O. The minimum atomic E-state index is -4.04. The first-order chi connectivity index (χ1) is 21.1. The molecule has 0 saturated heterocycles. The number of amides is 1. The average Bonchev–Trinajstić information content (AvgIpc) is 3.34. The van der Waals surface area contributed by atoms with Crippen molar-refractivity contribution >= 4 is 11.6 Å². The van der Waals surface area contributed by atoms with Gasteiger partial charge in [0.25, 0.3) is 18.3 Å². The van der Waals surface area contributed by atoms with E-state index < -0.39 is 84.0 Å². The van der Waals surface area contributed by atoms with Crippen molar-refractivity contribution in [1.29, 1.82) is 0 Å². The number of nitrogens with two attached hydrogens (primary N) is 1. The number of carbonyl (C=O) groups is 1. The van der Waals surface area contributed by atoms with Crippen LogP contribution in [0.1, 0.15) is 59.1 Å². The van der Waals surface area contributed by atoms with E-state index in [0.717, 1.165) is 12.1 Å². The van der Waals surface area contributed by atoms with Crippen LogP contribution in [0.4, 0.5) is 45.2 Å². The molecule has 2 heterocycles. The summed E-state index contributed by atoms with van der Waals surface area (Å²) in [7, 11) is 0. The number of rotatable bonds is 8. The lowest BCUT2D eigenvalue weighted by molar-refractivity contribution is -0.123. The number of benzene rings is 2. The maximum Gasteiger partial charge on any atom is 0.290 e. The molecule has 1 atom stereocenters. The largest absolute Gasteiger partial charge is 0.397 e. The van der Waals surface area contributed by atoms with Gasteiger partial charge in [0.2, 0.25) is 5.91 Å². The molecular weight excluding hydrogens is 617 g/mol. The zero-order valence-electron chi connectivity index (χ0n) is 23.3. The molecule has 6 nitrogen and oxygen atoms in total. The Morgan fingerprint density at radius 2 is 1.64 bits per heavy atom. The molecule has 5 rings (SSSR count). The predicted octanol–water partition coefficient (Wildman–Crippen LogP) is 7.27. The maximum atomic E-state index is 14.9. The first-order valence-electron chi connectivity index (χ1n) is 13.5. The quantitative estimate of drug-likeness (QED) is 0.198. The SMILES string of the molecule is Cc1cc(-c2cc(N)cnc2C(Cc2cc(F)cc(F)c2)NC(=O)Cn2nc(C(F)F)c3c2C(F)(F)CCC3(F)F)ccc1F. The number of alkyl halides is 6. The van der Waals surface area contributed by atoms with E-state index in [1.807, 2.05) is 0 Å². The van der Waals surface area contributed by atoms with Gasteiger partial charge in [0, 0.05) is 24.5 Å². The summed E-state index contributed by atoms with van der Waals surface area (Å²) in [5.74, 6) is -11.6. The summed E-state index contributed by atoms with van der Waals surface area (Å²) in [6, 6.07) is 6.76. The third-order valence-corrected chi connectivity index (χ3v) is 7.38. The average molecular weight is 642 g/mol. The van der Waals surface area contributed by atoms with Gasteiger partial charge in [0.15, 0.2) is 0 Å². The Morgan fingerprint density at radius 1 is 0.978 bits per heavy atom. The normalized spacial score (nSPS) is 16.0. The van der Waals surface area contributed by atoms with Crippen molar-refractivity contribution in [3.05, 3.63) is 99.9 Å². The summed E-state index contributed by atoms with van der Waals surface area (Å²) in [5.41, 5.74) is 2.39. The summed E-state index contributed by atoms with van der Waals surface area (Å²) in [5, 5.41) is 5.76. The molecule has 15 heteroatoms. The molecule has 2 aromatic carbocycles. The number of fused-ring (bicyclic) bond motifs is 1. The van der Waals surface area contributed by atoms with Gasteiger partial charge < -0.3 is 11.1 Å². The lowest BCUT2D eigenvalue weighted by atomic mass is 9.89. The summed E-state index contributed by atoms with van der Waals surface area (Å²) in [4.78, 5) is 17.6. The number of carbonyl (C=O) groups excluding carboxylic acids is 1. The number of hydrogen-bond donors (Lipinski definition) is 2. The molecule has 2 aromatic heterocycles. The van der Waals surface area contributed by atoms with Crippen LogP contribution >= 0.6 is 0 Å². The Kier molecular flexibility index (Phi) is 8.31. The van der Waals surface area contributed by atoms with Crippen molar-refractivity contribution in [3.8, 4) is 11.1 Å². The number of pyridine rings is 1. The highest BCUT2D eigenvalue weighted by Gasteiger charge is 2.55. The van der Waals surface area contributed by atoms with Crippen molar-refractivity contribution in [1.82, 2.24) is 20.1 Å². The molecule has 45 heavy (non-hydrogen) atoms. The number of anilines is 1. The highest BCUT2D eigenvalue weighted by molar-refractivity contribution is 5.77.